The van der Waals surface area contributed by atoms with Crippen LogP contribution in [0.4, 0.5) is 5.95 Å². The van der Waals surface area contributed by atoms with Gasteiger partial charge in [-0.15, -0.1) is 0 Å². The molecule has 1 aliphatic heterocycles. The van der Waals surface area contributed by atoms with Crippen molar-refractivity contribution in [2.75, 3.05) is 11.4 Å². The highest BCUT2D eigenvalue weighted by atomic mass is 16.5. The zero-order valence-electron chi connectivity index (χ0n) is 15.5. The maximum Gasteiger partial charge on any atom is 0.277 e. The van der Waals surface area contributed by atoms with Crippen molar-refractivity contribution in [2.24, 2.45) is 0 Å². The zero-order valence-corrected chi connectivity index (χ0v) is 15.5. The Morgan fingerprint density at radius 3 is 2.76 bits per heavy atom. The number of benzene rings is 1. The monoisotopic (exact) mass is 386 g/mol. The number of nitrogens with one attached hydrogen (secondary N) is 2. The fourth-order valence-electron chi connectivity index (χ4n) is 3.76. The van der Waals surface area contributed by atoms with E-state index in [0.29, 0.717) is 12.5 Å². The number of H-pyrrole nitrogens is 1. The number of fused-ring (bicyclic) bond motifs is 3. The summed E-state index contributed by atoms with van der Waals surface area (Å²) in [5, 5.41) is 9.91. The Morgan fingerprint density at radius 2 is 2.00 bits per heavy atom. The van der Waals surface area contributed by atoms with E-state index in [1.807, 2.05) is 12.3 Å². The summed E-state index contributed by atoms with van der Waals surface area (Å²) in [4.78, 5) is 29.9. The molecule has 3 aromatic heterocycles. The Kier molecular flexibility index (Phi) is 4.18. The number of carbonyl (C=O) groups is 1. The second kappa shape index (κ2) is 6.99. The van der Waals surface area contributed by atoms with Crippen molar-refractivity contribution in [3.05, 3.63) is 71.9 Å². The molecule has 0 radical (unpaired) electrons. The summed E-state index contributed by atoms with van der Waals surface area (Å²) in [6.45, 7) is 1.46. The molecule has 8 heteroatoms. The summed E-state index contributed by atoms with van der Waals surface area (Å²) >= 11 is 0. The van der Waals surface area contributed by atoms with Crippen LogP contribution < -0.4 is 10.4 Å². The van der Waals surface area contributed by atoms with E-state index in [2.05, 4.69) is 49.1 Å². The molecule has 0 saturated carbocycles. The normalized spacial score (nSPS) is 13.3. The number of nitrogens with zero attached hydrogens (tertiary/aromatic N) is 4. The number of rotatable bonds is 3. The van der Waals surface area contributed by atoms with Crippen molar-refractivity contribution in [1.82, 2.24) is 25.4 Å². The summed E-state index contributed by atoms with van der Waals surface area (Å²) in [7, 11) is 0. The Hall–Kier alpha value is -3.78. The van der Waals surface area contributed by atoms with Crippen LogP contribution in [0.1, 0.15) is 21.6 Å². The molecule has 1 aromatic carbocycles. The average molecular weight is 386 g/mol. The van der Waals surface area contributed by atoms with E-state index in [1.54, 1.807) is 11.7 Å². The number of pyridine rings is 1. The van der Waals surface area contributed by atoms with Crippen molar-refractivity contribution in [2.45, 2.75) is 13.0 Å². The lowest BCUT2D eigenvalue weighted by molar-refractivity contribution is 0.0705. The van der Waals surface area contributed by atoms with E-state index >= 15 is 0 Å². The Bertz CT molecular complexity index is 1190. The molecule has 1 amide bonds. The molecule has 0 fully saturated rings. The molecule has 0 bridgehead atoms. The van der Waals surface area contributed by atoms with E-state index in [4.69, 9.17) is 5.21 Å². The van der Waals surface area contributed by atoms with Gasteiger partial charge in [0.1, 0.15) is 0 Å². The fraction of sp³-hybridized carbons (Fsp3) is 0.143. The number of hydrogen-bond donors (Lipinski definition) is 3. The SMILES string of the molecule is O=C(NO)c1cnc(N2CCc3[nH]c4ccc(-c5cccnc5)cc4c3C2)nc1. The predicted octanol–water partition coefficient (Wildman–Crippen LogP) is 2.70. The minimum Gasteiger partial charge on any atom is -0.358 e. The number of hydroxylamine groups is 1. The quantitative estimate of drug-likeness (QED) is 0.369. The molecule has 3 N–H and O–H groups in total. The molecular formula is C21H18N6O2. The smallest absolute Gasteiger partial charge is 0.277 e. The van der Waals surface area contributed by atoms with Gasteiger partial charge in [-0.2, -0.15) is 0 Å². The molecular weight excluding hydrogens is 368 g/mol. The van der Waals surface area contributed by atoms with Crippen molar-refractivity contribution in [1.29, 1.82) is 0 Å². The summed E-state index contributed by atoms with van der Waals surface area (Å²) in [5.74, 6) is -0.0695. The van der Waals surface area contributed by atoms with Crippen molar-refractivity contribution >= 4 is 22.8 Å². The van der Waals surface area contributed by atoms with E-state index in [1.165, 1.54) is 29.0 Å². The Morgan fingerprint density at radius 1 is 1.14 bits per heavy atom. The molecule has 29 heavy (non-hydrogen) atoms. The molecule has 0 atom stereocenters. The van der Waals surface area contributed by atoms with E-state index in [0.717, 1.165) is 29.6 Å². The maximum atomic E-state index is 11.5. The van der Waals surface area contributed by atoms with Crippen LogP contribution in [0.3, 0.4) is 0 Å². The van der Waals surface area contributed by atoms with Gasteiger partial charge in [-0.3, -0.25) is 15.0 Å². The van der Waals surface area contributed by atoms with Crippen molar-refractivity contribution in [3.8, 4) is 11.1 Å². The minimum absolute atomic E-state index is 0.210. The number of aromatic nitrogens is 4. The van der Waals surface area contributed by atoms with Gasteiger partial charge < -0.3 is 9.88 Å². The van der Waals surface area contributed by atoms with Crippen LogP contribution >= 0.6 is 0 Å². The van der Waals surface area contributed by atoms with Gasteiger partial charge in [0, 0.05) is 72.0 Å². The fourth-order valence-corrected chi connectivity index (χ4v) is 3.76. The molecule has 0 saturated heterocycles. The summed E-state index contributed by atoms with van der Waals surface area (Å²) < 4.78 is 0. The minimum atomic E-state index is -0.628. The van der Waals surface area contributed by atoms with Gasteiger partial charge in [-0.05, 0) is 23.8 Å². The topological polar surface area (TPSA) is 107 Å². The summed E-state index contributed by atoms with van der Waals surface area (Å²) in [6, 6.07) is 10.4. The van der Waals surface area contributed by atoms with E-state index in [9.17, 15) is 4.79 Å². The molecule has 144 valence electrons. The second-order valence-electron chi connectivity index (χ2n) is 6.97. The molecule has 8 nitrogen and oxygen atoms in total. The molecule has 0 spiro atoms. The van der Waals surface area contributed by atoms with Gasteiger partial charge in [-0.1, -0.05) is 12.1 Å². The zero-order chi connectivity index (χ0) is 19.8. The van der Waals surface area contributed by atoms with Gasteiger partial charge in [-0.25, -0.2) is 15.4 Å². The van der Waals surface area contributed by atoms with Crippen LogP contribution in [0, 0.1) is 0 Å². The first-order chi connectivity index (χ1) is 14.2. The summed E-state index contributed by atoms with van der Waals surface area (Å²) in [6.07, 6.45) is 7.32. The van der Waals surface area contributed by atoms with Crippen molar-refractivity contribution in [3.63, 3.8) is 0 Å². The molecule has 4 aromatic rings. The van der Waals surface area contributed by atoms with E-state index < -0.39 is 5.91 Å². The highest BCUT2D eigenvalue weighted by Crippen LogP contribution is 2.32. The number of aromatic amines is 1. The van der Waals surface area contributed by atoms with Crippen LogP contribution in [0.5, 0.6) is 0 Å². The Balaban J connectivity index is 1.48. The van der Waals surface area contributed by atoms with Gasteiger partial charge in [0.05, 0.1) is 5.56 Å². The predicted molar refractivity (Wildman–Crippen MR) is 108 cm³/mol. The number of carbonyl (C=O) groups excluding carboxylic acids is 1. The second-order valence-corrected chi connectivity index (χ2v) is 6.97. The lowest BCUT2D eigenvalue weighted by Crippen LogP contribution is -2.31. The van der Waals surface area contributed by atoms with Crippen LogP contribution in [0.15, 0.2) is 55.1 Å². The molecule has 1 aliphatic rings. The largest absolute Gasteiger partial charge is 0.358 e. The lowest BCUT2D eigenvalue weighted by atomic mass is 10.0. The number of amides is 1. The molecule has 0 aliphatic carbocycles. The number of hydrogen-bond acceptors (Lipinski definition) is 6. The van der Waals surface area contributed by atoms with Crippen LogP contribution in [-0.4, -0.2) is 37.6 Å². The number of anilines is 1. The van der Waals surface area contributed by atoms with Gasteiger partial charge in [0.15, 0.2) is 0 Å². The first kappa shape index (κ1) is 17.3. The van der Waals surface area contributed by atoms with Gasteiger partial charge in [0.25, 0.3) is 5.91 Å². The average Bonchev–Trinajstić information content (AvgIpc) is 3.16. The van der Waals surface area contributed by atoms with Gasteiger partial charge in [0.2, 0.25) is 5.95 Å². The van der Waals surface area contributed by atoms with E-state index in [-0.39, 0.29) is 5.56 Å². The van der Waals surface area contributed by atoms with Crippen molar-refractivity contribution < 1.29 is 10.0 Å². The summed E-state index contributed by atoms with van der Waals surface area (Å²) in [5.41, 5.74) is 7.58. The first-order valence-corrected chi connectivity index (χ1v) is 9.28. The third-order valence-corrected chi connectivity index (χ3v) is 5.25. The standard InChI is InChI=1S/C21H18N6O2/c28-20(26-29)15-10-23-21(24-11-15)27-7-5-19-17(12-27)16-8-13(3-4-18(16)25-19)14-2-1-6-22-9-14/h1-4,6,8-11,25,29H,5,7,12H2,(H,26,28). The third kappa shape index (κ3) is 3.09. The van der Waals surface area contributed by atoms with Gasteiger partial charge >= 0.3 is 0 Å². The first-order valence-electron chi connectivity index (χ1n) is 9.28. The highest BCUT2D eigenvalue weighted by molar-refractivity contribution is 5.92. The van der Waals surface area contributed by atoms with Crippen LogP contribution in [0.25, 0.3) is 22.0 Å². The lowest BCUT2D eigenvalue weighted by Gasteiger charge is -2.27. The molecule has 4 heterocycles. The van der Waals surface area contributed by atoms with Crippen LogP contribution in [0.2, 0.25) is 0 Å². The maximum absolute atomic E-state index is 11.5. The third-order valence-electron chi connectivity index (χ3n) is 5.25. The van der Waals surface area contributed by atoms with Crippen LogP contribution in [-0.2, 0) is 13.0 Å². The Labute approximate surface area is 166 Å². The highest BCUT2D eigenvalue weighted by Gasteiger charge is 2.23. The molecule has 5 rings (SSSR count). The molecule has 0 unspecified atom stereocenters.